The average Bonchev–Trinajstić information content (AvgIpc) is 3.06. The number of nitrogens with one attached hydrogen (secondary N) is 1. The summed E-state index contributed by atoms with van der Waals surface area (Å²) in [7, 11) is 0. The highest BCUT2D eigenvalue weighted by molar-refractivity contribution is 6.31. The first-order valence-corrected chi connectivity index (χ1v) is 8.24. The number of halogens is 1. The Kier molecular flexibility index (Phi) is 4.37. The topological polar surface area (TPSA) is 86.0 Å². The molecule has 26 heavy (non-hydrogen) atoms. The van der Waals surface area contributed by atoms with Crippen LogP contribution < -0.4 is 10.1 Å². The van der Waals surface area contributed by atoms with Crippen LogP contribution in [0.3, 0.4) is 0 Å². The molecular formula is C18H14ClN5O2. The average molecular weight is 368 g/mol. The van der Waals surface area contributed by atoms with Crippen molar-refractivity contribution in [2.45, 2.75) is 13.5 Å². The van der Waals surface area contributed by atoms with Crippen molar-refractivity contribution in [1.29, 1.82) is 0 Å². The molecule has 0 fully saturated rings. The van der Waals surface area contributed by atoms with Crippen molar-refractivity contribution in [3.05, 3.63) is 65.5 Å². The lowest BCUT2D eigenvalue weighted by Gasteiger charge is -2.09. The summed E-state index contributed by atoms with van der Waals surface area (Å²) in [6, 6.07) is 13.0. The number of rotatable bonds is 5. The Morgan fingerprint density at radius 1 is 1.12 bits per heavy atom. The molecule has 4 rings (SSSR count). The van der Waals surface area contributed by atoms with Crippen LogP contribution in [0.1, 0.15) is 11.7 Å². The van der Waals surface area contributed by atoms with E-state index in [9.17, 15) is 0 Å². The fraction of sp³-hybridized carbons (Fsp3) is 0.111. The number of hydrogen-bond acceptors (Lipinski definition) is 7. The smallest absolute Gasteiger partial charge is 0.264 e. The van der Waals surface area contributed by atoms with Crippen LogP contribution in [0.5, 0.6) is 5.75 Å². The predicted molar refractivity (Wildman–Crippen MR) is 97.6 cm³/mol. The van der Waals surface area contributed by atoms with E-state index in [0.29, 0.717) is 28.3 Å². The van der Waals surface area contributed by atoms with Gasteiger partial charge in [-0.2, -0.15) is 4.98 Å². The summed E-state index contributed by atoms with van der Waals surface area (Å²) in [6.45, 7) is 1.99. The van der Waals surface area contributed by atoms with E-state index in [-0.39, 0.29) is 6.61 Å². The monoisotopic (exact) mass is 367 g/mol. The van der Waals surface area contributed by atoms with E-state index in [4.69, 9.17) is 20.9 Å². The summed E-state index contributed by atoms with van der Waals surface area (Å²) in [6.07, 6.45) is 1.50. The van der Waals surface area contributed by atoms with Crippen LogP contribution in [-0.2, 0) is 6.61 Å². The van der Waals surface area contributed by atoms with Crippen molar-refractivity contribution in [1.82, 2.24) is 20.1 Å². The maximum Gasteiger partial charge on any atom is 0.264 e. The number of aryl methyl sites for hydroxylation is 1. The minimum absolute atomic E-state index is 0.227. The van der Waals surface area contributed by atoms with E-state index in [0.717, 1.165) is 16.6 Å². The molecule has 0 aliphatic carbocycles. The minimum atomic E-state index is 0.227. The first-order chi connectivity index (χ1) is 12.7. The molecule has 4 aromatic rings. The Labute approximate surface area is 154 Å². The van der Waals surface area contributed by atoms with E-state index in [1.165, 1.54) is 6.33 Å². The van der Waals surface area contributed by atoms with Crippen LogP contribution >= 0.6 is 11.6 Å². The molecule has 0 saturated heterocycles. The maximum absolute atomic E-state index is 6.01. The van der Waals surface area contributed by atoms with Gasteiger partial charge in [0, 0.05) is 16.1 Å². The third-order valence-electron chi connectivity index (χ3n) is 3.65. The third kappa shape index (κ3) is 3.57. The summed E-state index contributed by atoms with van der Waals surface area (Å²) in [4.78, 5) is 12.6. The van der Waals surface area contributed by atoms with E-state index in [1.807, 2.05) is 36.4 Å². The Morgan fingerprint density at radius 3 is 2.73 bits per heavy atom. The summed E-state index contributed by atoms with van der Waals surface area (Å²) >= 11 is 6.01. The molecule has 1 N–H and O–H groups in total. The molecule has 2 aromatic heterocycles. The zero-order chi connectivity index (χ0) is 17.9. The number of nitrogens with zero attached hydrogens (tertiary/aromatic N) is 4. The van der Waals surface area contributed by atoms with Crippen molar-refractivity contribution in [2.24, 2.45) is 0 Å². The lowest BCUT2D eigenvalue weighted by Crippen LogP contribution is -1.97. The van der Waals surface area contributed by atoms with Gasteiger partial charge in [0.2, 0.25) is 0 Å². The molecule has 0 aliphatic rings. The van der Waals surface area contributed by atoms with Crippen LogP contribution in [-0.4, -0.2) is 20.1 Å². The number of hydrogen-bond donors (Lipinski definition) is 1. The fourth-order valence-corrected chi connectivity index (χ4v) is 2.61. The van der Waals surface area contributed by atoms with Crippen LogP contribution in [0, 0.1) is 6.92 Å². The Morgan fingerprint density at radius 2 is 1.96 bits per heavy atom. The molecule has 0 unspecified atom stereocenters. The van der Waals surface area contributed by atoms with E-state index < -0.39 is 0 Å². The number of ether oxygens (including phenoxy) is 1. The fourth-order valence-electron chi connectivity index (χ4n) is 2.44. The molecule has 0 bridgehead atoms. The minimum Gasteiger partial charge on any atom is -0.484 e. The van der Waals surface area contributed by atoms with Gasteiger partial charge in [0.1, 0.15) is 17.9 Å². The quantitative estimate of drug-likeness (QED) is 0.562. The number of anilines is 2. The molecule has 0 aliphatic heterocycles. The molecule has 0 atom stereocenters. The normalized spacial score (nSPS) is 10.8. The maximum atomic E-state index is 6.01. The highest BCUT2D eigenvalue weighted by Crippen LogP contribution is 2.26. The van der Waals surface area contributed by atoms with Crippen molar-refractivity contribution in [2.75, 3.05) is 5.32 Å². The van der Waals surface area contributed by atoms with Crippen molar-refractivity contribution in [3.8, 4) is 5.75 Å². The third-order valence-corrected chi connectivity index (χ3v) is 3.88. The van der Waals surface area contributed by atoms with Gasteiger partial charge >= 0.3 is 0 Å². The molecular weight excluding hydrogens is 354 g/mol. The summed E-state index contributed by atoms with van der Waals surface area (Å²) in [5, 5.41) is 8.54. The van der Waals surface area contributed by atoms with Gasteiger partial charge in [-0.1, -0.05) is 16.8 Å². The second-order valence-electron chi connectivity index (χ2n) is 5.56. The van der Waals surface area contributed by atoms with Gasteiger partial charge in [-0.25, -0.2) is 9.97 Å². The molecule has 7 nitrogen and oxygen atoms in total. The lowest BCUT2D eigenvalue weighted by molar-refractivity contribution is 0.242. The van der Waals surface area contributed by atoms with Gasteiger partial charge < -0.3 is 14.6 Å². The molecule has 0 amide bonds. The first kappa shape index (κ1) is 16.3. The van der Waals surface area contributed by atoms with Crippen molar-refractivity contribution < 1.29 is 9.26 Å². The highest BCUT2D eigenvalue weighted by Gasteiger charge is 2.06. The van der Waals surface area contributed by atoms with E-state index in [1.54, 1.807) is 13.0 Å². The Bertz CT molecular complexity index is 1050. The standard InChI is InChI=1S/C18H14ClN5O2/c1-11-22-17(26-24-11)9-25-14-5-3-13(4-6-14)23-18-15-7-2-12(19)8-16(15)20-10-21-18/h2-8,10H,9H2,1H3,(H,20,21,23). The zero-order valence-electron chi connectivity index (χ0n) is 13.8. The Balaban J connectivity index is 1.47. The molecule has 0 saturated carbocycles. The number of benzene rings is 2. The van der Waals surface area contributed by atoms with Crippen LogP contribution in [0.25, 0.3) is 10.9 Å². The summed E-state index contributed by atoms with van der Waals surface area (Å²) < 4.78 is 10.6. The second-order valence-corrected chi connectivity index (χ2v) is 5.99. The summed E-state index contributed by atoms with van der Waals surface area (Å²) in [5.41, 5.74) is 1.66. The van der Waals surface area contributed by atoms with Crippen LogP contribution in [0.2, 0.25) is 5.02 Å². The van der Waals surface area contributed by atoms with Crippen molar-refractivity contribution in [3.63, 3.8) is 0 Å². The van der Waals surface area contributed by atoms with Gasteiger partial charge in [0.05, 0.1) is 5.52 Å². The summed E-state index contributed by atoms with van der Waals surface area (Å²) in [5.74, 6) is 2.43. The van der Waals surface area contributed by atoms with E-state index in [2.05, 4.69) is 25.4 Å². The molecule has 0 radical (unpaired) electrons. The van der Waals surface area contributed by atoms with Gasteiger partial charge in [0.15, 0.2) is 12.4 Å². The van der Waals surface area contributed by atoms with Gasteiger partial charge in [0.25, 0.3) is 5.89 Å². The predicted octanol–water partition coefficient (Wildman–Crippen LogP) is 4.30. The number of fused-ring (bicyclic) bond motifs is 1. The van der Waals surface area contributed by atoms with E-state index >= 15 is 0 Å². The zero-order valence-corrected chi connectivity index (χ0v) is 14.6. The highest BCUT2D eigenvalue weighted by atomic mass is 35.5. The molecule has 2 aromatic carbocycles. The van der Waals surface area contributed by atoms with Crippen LogP contribution in [0.4, 0.5) is 11.5 Å². The SMILES string of the molecule is Cc1noc(COc2ccc(Nc3ncnc4cc(Cl)ccc34)cc2)n1. The largest absolute Gasteiger partial charge is 0.484 e. The van der Waals surface area contributed by atoms with Gasteiger partial charge in [-0.3, -0.25) is 0 Å². The van der Waals surface area contributed by atoms with Gasteiger partial charge in [-0.15, -0.1) is 0 Å². The van der Waals surface area contributed by atoms with Crippen LogP contribution in [0.15, 0.2) is 53.3 Å². The number of aromatic nitrogens is 4. The molecule has 0 spiro atoms. The molecule has 2 heterocycles. The van der Waals surface area contributed by atoms with Crippen molar-refractivity contribution >= 4 is 34.0 Å². The van der Waals surface area contributed by atoms with Gasteiger partial charge in [-0.05, 0) is 49.4 Å². The first-order valence-electron chi connectivity index (χ1n) is 7.87. The second kappa shape index (κ2) is 6.97. The Hall–Kier alpha value is -3.19. The lowest BCUT2D eigenvalue weighted by atomic mass is 10.2. The molecule has 8 heteroatoms. The molecule has 130 valence electrons.